The van der Waals surface area contributed by atoms with Crippen molar-refractivity contribution < 1.29 is 9.64 Å². The summed E-state index contributed by atoms with van der Waals surface area (Å²) < 4.78 is 5.75. The monoisotopic (exact) mass is 252 g/mol. The Bertz CT molecular complexity index is 320. The average Bonchev–Trinajstić information content (AvgIpc) is 2.29. The minimum Gasteiger partial charge on any atom is -0.364 e. The fraction of sp³-hybridized carbons (Fsp3) is 0.571. The van der Waals surface area contributed by atoms with E-state index in [2.05, 4.69) is 44.2 Å². The number of hydrogen-bond donors (Lipinski definition) is 1. The van der Waals surface area contributed by atoms with Crippen LogP contribution in [-0.2, 0) is 4.74 Å². The molecule has 1 aromatic rings. The number of hydrogen-bond acceptors (Lipinski definition) is 2. The van der Waals surface area contributed by atoms with Crippen molar-refractivity contribution in [2.45, 2.75) is 31.0 Å². The SMILES string of the molecule is C[C@@H]1C[NH+](CCSc2ccccc2)C[C@@H](C)O1. The molecule has 0 radical (unpaired) electrons. The number of thioether (sulfide) groups is 1. The maximum atomic E-state index is 5.75. The van der Waals surface area contributed by atoms with Crippen molar-refractivity contribution in [1.82, 2.24) is 0 Å². The van der Waals surface area contributed by atoms with Gasteiger partial charge in [-0.1, -0.05) is 18.2 Å². The molecule has 1 N–H and O–H groups in total. The van der Waals surface area contributed by atoms with Crippen LogP contribution in [0.15, 0.2) is 35.2 Å². The highest BCUT2D eigenvalue weighted by Gasteiger charge is 2.24. The Hall–Kier alpha value is -0.510. The molecule has 1 aromatic carbocycles. The van der Waals surface area contributed by atoms with Gasteiger partial charge in [-0.2, -0.15) is 0 Å². The molecule has 1 aliphatic rings. The van der Waals surface area contributed by atoms with Gasteiger partial charge in [0.05, 0.1) is 6.54 Å². The van der Waals surface area contributed by atoms with Crippen LogP contribution in [0.5, 0.6) is 0 Å². The maximum absolute atomic E-state index is 5.75. The summed E-state index contributed by atoms with van der Waals surface area (Å²) in [5.74, 6) is 1.19. The van der Waals surface area contributed by atoms with E-state index < -0.39 is 0 Å². The maximum Gasteiger partial charge on any atom is 0.104 e. The smallest absolute Gasteiger partial charge is 0.104 e. The number of morpholine rings is 1. The van der Waals surface area contributed by atoms with Crippen molar-refractivity contribution in [3.63, 3.8) is 0 Å². The van der Waals surface area contributed by atoms with Gasteiger partial charge in [-0.3, -0.25) is 0 Å². The molecule has 1 aliphatic heterocycles. The molecule has 1 saturated heterocycles. The first kappa shape index (κ1) is 12.9. The lowest BCUT2D eigenvalue weighted by molar-refractivity contribution is -0.912. The summed E-state index contributed by atoms with van der Waals surface area (Å²) in [6.07, 6.45) is 0.825. The molecule has 17 heavy (non-hydrogen) atoms. The molecule has 1 fully saturated rings. The third kappa shape index (κ3) is 4.34. The van der Waals surface area contributed by atoms with Gasteiger partial charge in [0.25, 0.3) is 0 Å². The first-order valence-electron chi connectivity index (χ1n) is 6.41. The van der Waals surface area contributed by atoms with E-state index in [1.807, 2.05) is 11.8 Å². The Morgan fingerprint density at radius 2 is 1.82 bits per heavy atom. The normalized spacial score (nSPS) is 29.2. The van der Waals surface area contributed by atoms with Crippen LogP contribution < -0.4 is 4.90 Å². The molecule has 2 nitrogen and oxygen atoms in total. The van der Waals surface area contributed by atoms with Crippen molar-refractivity contribution in [2.24, 2.45) is 0 Å². The molecule has 3 heteroatoms. The van der Waals surface area contributed by atoms with E-state index in [-0.39, 0.29) is 0 Å². The third-order valence-electron chi connectivity index (χ3n) is 3.08. The van der Waals surface area contributed by atoms with Crippen molar-refractivity contribution in [3.05, 3.63) is 30.3 Å². The van der Waals surface area contributed by atoms with Crippen LogP contribution in [0.1, 0.15) is 13.8 Å². The lowest BCUT2D eigenvalue weighted by Crippen LogP contribution is -3.15. The summed E-state index contributed by atoms with van der Waals surface area (Å²) in [4.78, 5) is 3.06. The molecule has 0 aromatic heterocycles. The highest BCUT2D eigenvalue weighted by molar-refractivity contribution is 7.99. The van der Waals surface area contributed by atoms with E-state index in [0.717, 1.165) is 13.1 Å². The van der Waals surface area contributed by atoms with Gasteiger partial charge in [-0.15, -0.1) is 11.8 Å². The largest absolute Gasteiger partial charge is 0.364 e. The second-order valence-electron chi connectivity index (χ2n) is 4.83. The van der Waals surface area contributed by atoms with Gasteiger partial charge in [0.15, 0.2) is 0 Å². The van der Waals surface area contributed by atoms with Crippen LogP contribution in [0.3, 0.4) is 0 Å². The molecular weight excluding hydrogens is 230 g/mol. The fourth-order valence-corrected chi connectivity index (χ4v) is 3.40. The standard InChI is InChI=1S/C14H21NOS/c1-12-10-15(11-13(2)16-12)8-9-17-14-6-4-3-5-7-14/h3-7,12-13H,8-11H2,1-2H3/p+1/t12-,13-/m1/s1. The predicted octanol–water partition coefficient (Wildman–Crippen LogP) is 1.47. The van der Waals surface area contributed by atoms with Crippen LogP contribution in [0.25, 0.3) is 0 Å². The predicted molar refractivity (Wildman–Crippen MR) is 72.7 cm³/mol. The van der Waals surface area contributed by atoms with Gasteiger partial charge in [0, 0.05) is 10.6 Å². The Morgan fingerprint density at radius 1 is 1.18 bits per heavy atom. The molecule has 0 spiro atoms. The Kier molecular flexibility index (Phi) is 4.89. The van der Waals surface area contributed by atoms with Gasteiger partial charge < -0.3 is 9.64 Å². The zero-order chi connectivity index (χ0) is 12.1. The van der Waals surface area contributed by atoms with Crippen LogP contribution in [-0.4, -0.2) is 37.6 Å². The molecule has 94 valence electrons. The summed E-state index contributed by atoms with van der Waals surface area (Å²) in [7, 11) is 0. The second-order valence-corrected chi connectivity index (χ2v) is 6.00. The van der Waals surface area contributed by atoms with E-state index in [1.54, 1.807) is 4.90 Å². The second kappa shape index (κ2) is 6.43. The van der Waals surface area contributed by atoms with Gasteiger partial charge in [0.2, 0.25) is 0 Å². The number of benzene rings is 1. The van der Waals surface area contributed by atoms with E-state index >= 15 is 0 Å². The highest BCUT2D eigenvalue weighted by Crippen LogP contribution is 2.15. The first-order chi connectivity index (χ1) is 8.24. The van der Waals surface area contributed by atoms with E-state index in [4.69, 9.17) is 4.74 Å². The molecule has 0 aliphatic carbocycles. The van der Waals surface area contributed by atoms with Crippen LogP contribution in [0, 0.1) is 0 Å². The quantitative estimate of drug-likeness (QED) is 0.816. The minimum atomic E-state index is 0.412. The van der Waals surface area contributed by atoms with Crippen molar-refractivity contribution in [3.8, 4) is 0 Å². The van der Waals surface area contributed by atoms with Crippen molar-refractivity contribution >= 4 is 11.8 Å². The summed E-state index contributed by atoms with van der Waals surface area (Å²) in [5, 5.41) is 0. The van der Waals surface area contributed by atoms with Crippen LogP contribution in [0.4, 0.5) is 0 Å². The number of nitrogens with one attached hydrogen (secondary N) is 1. The average molecular weight is 252 g/mol. The summed E-state index contributed by atoms with van der Waals surface area (Å²) in [5.41, 5.74) is 0. The molecular formula is C14H22NOS+. The van der Waals surface area contributed by atoms with Crippen molar-refractivity contribution in [2.75, 3.05) is 25.4 Å². The molecule has 2 atom stereocenters. The van der Waals surface area contributed by atoms with Crippen LogP contribution >= 0.6 is 11.8 Å². The Labute approximate surface area is 108 Å². The molecule has 0 bridgehead atoms. The lowest BCUT2D eigenvalue weighted by atomic mass is 10.2. The van der Waals surface area contributed by atoms with Gasteiger partial charge in [-0.05, 0) is 26.0 Å². The zero-order valence-electron chi connectivity index (χ0n) is 10.7. The molecule has 0 saturated carbocycles. The molecule has 0 unspecified atom stereocenters. The summed E-state index contributed by atoms with van der Waals surface area (Å²) in [6.45, 7) is 7.90. The number of rotatable bonds is 4. The van der Waals surface area contributed by atoms with Crippen LogP contribution in [0.2, 0.25) is 0 Å². The van der Waals surface area contributed by atoms with E-state index in [9.17, 15) is 0 Å². The third-order valence-corrected chi connectivity index (χ3v) is 4.10. The lowest BCUT2D eigenvalue weighted by Gasteiger charge is -2.32. The highest BCUT2D eigenvalue weighted by atomic mass is 32.2. The summed E-state index contributed by atoms with van der Waals surface area (Å²) >= 11 is 1.95. The zero-order valence-corrected chi connectivity index (χ0v) is 11.5. The fourth-order valence-electron chi connectivity index (χ4n) is 2.42. The molecule has 0 amide bonds. The summed E-state index contributed by atoms with van der Waals surface area (Å²) in [6, 6.07) is 10.7. The Morgan fingerprint density at radius 3 is 2.47 bits per heavy atom. The van der Waals surface area contributed by atoms with E-state index in [1.165, 1.54) is 17.2 Å². The molecule has 1 heterocycles. The molecule has 2 rings (SSSR count). The first-order valence-corrected chi connectivity index (χ1v) is 7.39. The van der Waals surface area contributed by atoms with Gasteiger partial charge in [-0.25, -0.2) is 0 Å². The Balaban J connectivity index is 1.71. The van der Waals surface area contributed by atoms with E-state index in [0.29, 0.717) is 12.2 Å². The minimum absolute atomic E-state index is 0.412. The topological polar surface area (TPSA) is 13.7 Å². The number of quaternary nitrogens is 1. The van der Waals surface area contributed by atoms with Crippen molar-refractivity contribution in [1.29, 1.82) is 0 Å². The van der Waals surface area contributed by atoms with Gasteiger partial charge in [0.1, 0.15) is 25.3 Å². The van der Waals surface area contributed by atoms with Gasteiger partial charge >= 0.3 is 0 Å². The number of ether oxygens (including phenoxy) is 1.